The van der Waals surface area contributed by atoms with E-state index in [0.29, 0.717) is 12.3 Å². The zero-order valence-corrected chi connectivity index (χ0v) is 12.5. The van der Waals surface area contributed by atoms with Crippen LogP contribution in [-0.4, -0.2) is 19.0 Å². The third kappa shape index (κ3) is 3.60. The third-order valence-electron chi connectivity index (χ3n) is 4.19. The topological polar surface area (TPSA) is 46.3 Å². The Labute approximate surface area is 122 Å². The summed E-state index contributed by atoms with van der Waals surface area (Å²) in [5, 5.41) is 0. The van der Waals surface area contributed by atoms with Crippen LogP contribution in [0, 0.1) is 0 Å². The molecule has 1 aliphatic heterocycles. The van der Waals surface area contributed by atoms with Gasteiger partial charge in [-0.2, -0.15) is 0 Å². The number of rotatable bonds is 6. The van der Waals surface area contributed by atoms with E-state index in [-0.39, 0.29) is 5.91 Å². The van der Waals surface area contributed by atoms with E-state index < -0.39 is 0 Å². The SMILES string of the molecule is CC1CCN(C(=O)CCCCCCN)c2ccccc21. The zero-order valence-electron chi connectivity index (χ0n) is 12.5. The molecule has 110 valence electrons. The Morgan fingerprint density at radius 1 is 1.25 bits per heavy atom. The van der Waals surface area contributed by atoms with E-state index in [1.807, 2.05) is 11.0 Å². The number of amides is 1. The van der Waals surface area contributed by atoms with Gasteiger partial charge < -0.3 is 10.6 Å². The van der Waals surface area contributed by atoms with Crippen LogP contribution in [0.2, 0.25) is 0 Å². The van der Waals surface area contributed by atoms with E-state index in [0.717, 1.165) is 50.9 Å². The number of hydrogen-bond acceptors (Lipinski definition) is 2. The predicted molar refractivity (Wildman–Crippen MR) is 84.0 cm³/mol. The minimum Gasteiger partial charge on any atom is -0.330 e. The van der Waals surface area contributed by atoms with Crippen molar-refractivity contribution < 1.29 is 4.79 Å². The normalized spacial score (nSPS) is 17.9. The fraction of sp³-hybridized carbons (Fsp3) is 0.588. The molecule has 0 spiro atoms. The largest absolute Gasteiger partial charge is 0.330 e. The van der Waals surface area contributed by atoms with E-state index in [9.17, 15) is 4.79 Å². The number of para-hydroxylation sites is 1. The first kappa shape index (κ1) is 15.0. The van der Waals surface area contributed by atoms with Gasteiger partial charge in [-0.05, 0) is 43.4 Å². The molecule has 1 aromatic rings. The van der Waals surface area contributed by atoms with Crippen LogP contribution in [0.4, 0.5) is 5.69 Å². The standard InChI is InChI=1S/C17H26N2O/c1-14-11-13-19(16-9-6-5-8-15(14)16)17(20)10-4-2-3-7-12-18/h5-6,8-9,14H,2-4,7,10-13,18H2,1H3. The molecule has 1 atom stereocenters. The van der Waals surface area contributed by atoms with Crippen molar-refractivity contribution in [3.05, 3.63) is 29.8 Å². The van der Waals surface area contributed by atoms with Gasteiger partial charge in [0.15, 0.2) is 0 Å². The number of fused-ring (bicyclic) bond motifs is 1. The lowest BCUT2D eigenvalue weighted by Crippen LogP contribution is -2.36. The van der Waals surface area contributed by atoms with Crippen molar-refractivity contribution in [2.24, 2.45) is 5.73 Å². The summed E-state index contributed by atoms with van der Waals surface area (Å²) < 4.78 is 0. The second-order valence-electron chi connectivity index (χ2n) is 5.75. The van der Waals surface area contributed by atoms with Gasteiger partial charge in [0.2, 0.25) is 5.91 Å². The first-order chi connectivity index (χ1) is 9.74. The molecule has 1 aromatic carbocycles. The van der Waals surface area contributed by atoms with E-state index in [4.69, 9.17) is 5.73 Å². The molecule has 0 saturated heterocycles. The first-order valence-corrected chi connectivity index (χ1v) is 7.83. The van der Waals surface area contributed by atoms with Gasteiger partial charge in [0.05, 0.1) is 0 Å². The number of unbranched alkanes of at least 4 members (excludes halogenated alkanes) is 3. The molecule has 1 heterocycles. The molecule has 0 aliphatic carbocycles. The van der Waals surface area contributed by atoms with Crippen molar-refractivity contribution in [1.82, 2.24) is 0 Å². The lowest BCUT2D eigenvalue weighted by Gasteiger charge is -2.33. The highest BCUT2D eigenvalue weighted by atomic mass is 16.2. The van der Waals surface area contributed by atoms with E-state index in [1.54, 1.807) is 0 Å². The predicted octanol–water partition coefficient (Wildman–Crippen LogP) is 3.44. The maximum Gasteiger partial charge on any atom is 0.226 e. The molecule has 3 nitrogen and oxygen atoms in total. The Kier molecular flexibility index (Phi) is 5.60. The summed E-state index contributed by atoms with van der Waals surface area (Å²) in [4.78, 5) is 14.4. The second-order valence-corrected chi connectivity index (χ2v) is 5.75. The van der Waals surface area contributed by atoms with Gasteiger partial charge in [0, 0.05) is 18.7 Å². The van der Waals surface area contributed by atoms with Crippen LogP contribution in [0.3, 0.4) is 0 Å². The molecule has 0 fully saturated rings. The molecule has 1 aliphatic rings. The number of nitrogens with two attached hydrogens (primary N) is 1. The number of carbonyl (C=O) groups excluding carboxylic acids is 1. The summed E-state index contributed by atoms with van der Waals surface area (Å²) in [5.41, 5.74) is 7.92. The average molecular weight is 274 g/mol. The smallest absolute Gasteiger partial charge is 0.226 e. The van der Waals surface area contributed by atoms with Crippen molar-refractivity contribution in [3.8, 4) is 0 Å². The average Bonchev–Trinajstić information content (AvgIpc) is 2.47. The molecule has 0 bridgehead atoms. The Bertz CT molecular complexity index is 444. The van der Waals surface area contributed by atoms with Crippen LogP contribution in [0.25, 0.3) is 0 Å². The van der Waals surface area contributed by atoms with Crippen LogP contribution < -0.4 is 10.6 Å². The molecule has 3 heteroatoms. The summed E-state index contributed by atoms with van der Waals surface area (Å²) >= 11 is 0. The van der Waals surface area contributed by atoms with Gasteiger partial charge >= 0.3 is 0 Å². The minimum absolute atomic E-state index is 0.275. The number of hydrogen-bond donors (Lipinski definition) is 1. The highest BCUT2D eigenvalue weighted by Gasteiger charge is 2.25. The van der Waals surface area contributed by atoms with Crippen molar-refractivity contribution in [2.75, 3.05) is 18.0 Å². The molecular formula is C17H26N2O. The van der Waals surface area contributed by atoms with Crippen LogP contribution in [0.15, 0.2) is 24.3 Å². The van der Waals surface area contributed by atoms with Gasteiger partial charge in [-0.25, -0.2) is 0 Å². The van der Waals surface area contributed by atoms with Crippen LogP contribution in [0.5, 0.6) is 0 Å². The highest BCUT2D eigenvalue weighted by Crippen LogP contribution is 2.35. The Morgan fingerprint density at radius 3 is 2.80 bits per heavy atom. The molecule has 0 aromatic heterocycles. The Morgan fingerprint density at radius 2 is 2.00 bits per heavy atom. The second kappa shape index (κ2) is 7.44. The molecule has 1 unspecified atom stereocenters. The lowest BCUT2D eigenvalue weighted by atomic mass is 9.91. The third-order valence-corrected chi connectivity index (χ3v) is 4.19. The molecule has 2 rings (SSSR count). The van der Waals surface area contributed by atoms with Gasteiger partial charge in [-0.3, -0.25) is 4.79 Å². The van der Waals surface area contributed by atoms with Crippen molar-refractivity contribution >= 4 is 11.6 Å². The van der Waals surface area contributed by atoms with Crippen LogP contribution >= 0.6 is 0 Å². The van der Waals surface area contributed by atoms with Crippen molar-refractivity contribution in [1.29, 1.82) is 0 Å². The van der Waals surface area contributed by atoms with Gasteiger partial charge in [0.1, 0.15) is 0 Å². The Balaban J connectivity index is 1.92. The number of nitrogens with zero attached hydrogens (tertiary/aromatic N) is 1. The molecular weight excluding hydrogens is 248 g/mol. The molecule has 2 N–H and O–H groups in total. The van der Waals surface area contributed by atoms with E-state index in [2.05, 4.69) is 25.1 Å². The number of anilines is 1. The molecule has 0 saturated carbocycles. The van der Waals surface area contributed by atoms with E-state index in [1.165, 1.54) is 5.56 Å². The number of carbonyl (C=O) groups is 1. The maximum absolute atomic E-state index is 12.4. The summed E-state index contributed by atoms with van der Waals surface area (Å²) in [6.45, 7) is 3.86. The summed E-state index contributed by atoms with van der Waals surface area (Å²) in [5.74, 6) is 0.830. The quantitative estimate of drug-likeness (QED) is 0.808. The molecule has 0 radical (unpaired) electrons. The fourth-order valence-corrected chi connectivity index (χ4v) is 2.92. The van der Waals surface area contributed by atoms with Crippen molar-refractivity contribution in [3.63, 3.8) is 0 Å². The van der Waals surface area contributed by atoms with Crippen LogP contribution in [-0.2, 0) is 4.79 Å². The van der Waals surface area contributed by atoms with Gasteiger partial charge in [-0.1, -0.05) is 38.0 Å². The van der Waals surface area contributed by atoms with Gasteiger partial charge in [-0.15, -0.1) is 0 Å². The minimum atomic E-state index is 0.275. The maximum atomic E-state index is 12.4. The lowest BCUT2D eigenvalue weighted by molar-refractivity contribution is -0.118. The van der Waals surface area contributed by atoms with E-state index >= 15 is 0 Å². The summed E-state index contributed by atoms with van der Waals surface area (Å²) in [7, 11) is 0. The first-order valence-electron chi connectivity index (χ1n) is 7.83. The van der Waals surface area contributed by atoms with Crippen LogP contribution in [0.1, 0.15) is 56.9 Å². The van der Waals surface area contributed by atoms with Crippen molar-refractivity contribution in [2.45, 2.75) is 51.4 Å². The summed E-state index contributed by atoms with van der Waals surface area (Å²) in [6, 6.07) is 8.33. The van der Waals surface area contributed by atoms with Gasteiger partial charge in [0.25, 0.3) is 0 Å². The Hall–Kier alpha value is -1.35. The fourth-order valence-electron chi connectivity index (χ4n) is 2.92. The highest BCUT2D eigenvalue weighted by molar-refractivity contribution is 5.94. The zero-order chi connectivity index (χ0) is 14.4. The monoisotopic (exact) mass is 274 g/mol. The molecule has 20 heavy (non-hydrogen) atoms. The summed E-state index contributed by atoms with van der Waals surface area (Å²) in [6.07, 6.45) is 6.01. The number of benzene rings is 1. The molecule has 1 amide bonds.